The third-order valence-corrected chi connectivity index (χ3v) is 3.12. The second kappa shape index (κ2) is 4.04. The molecule has 1 aromatic rings. The number of rotatable bonds is 3. The fourth-order valence-corrected chi connectivity index (χ4v) is 2.05. The molecule has 1 aliphatic carbocycles. The average Bonchev–Trinajstić information content (AvgIpc) is 2.64. The zero-order valence-corrected chi connectivity index (χ0v) is 9.14. The second-order valence-corrected chi connectivity index (χ2v) is 4.29. The third-order valence-electron chi connectivity index (χ3n) is 3.12. The number of fused-ring (bicyclic) bond motifs is 1. The molecule has 0 radical (unpaired) electrons. The maximum Gasteiger partial charge on any atom is 0.0345 e. The summed E-state index contributed by atoms with van der Waals surface area (Å²) in [4.78, 5) is 0. The fourth-order valence-electron chi connectivity index (χ4n) is 2.05. The molecule has 0 unspecified atom stereocenters. The van der Waals surface area contributed by atoms with Gasteiger partial charge in [0.05, 0.1) is 0 Å². The Kier molecular flexibility index (Phi) is 2.76. The van der Waals surface area contributed by atoms with Crippen LogP contribution in [0.3, 0.4) is 0 Å². The molecule has 0 saturated heterocycles. The highest BCUT2D eigenvalue weighted by Gasteiger charge is 2.10. The number of hydrogen-bond acceptors (Lipinski definition) is 1. The molecule has 76 valence electrons. The van der Waals surface area contributed by atoms with Gasteiger partial charge in [-0.3, -0.25) is 0 Å². The van der Waals surface area contributed by atoms with Crippen molar-refractivity contribution in [3.63, 3.8) is 0 Å². The van der Waals surface area contributed by atoms with Gasteiger partial charge in [-0.25, -0.2) is 0 Å². The molecule has 0 saturated carbocycles. The Balaban J connectivity index is 2.12. The lowest BCUT2D eigenvalue weighted by atomic mass is 10.1. The smallest absolute Gasteiger partial charge is 0.0345 e. The molecule has 0 aromatic heterocycles. The molecule has 1 aliphatic rings. The molecule has 0 aliphatic heterocycles. The van der Waals surface area contributed by atoms with Crippen LogP contribution in [0.25, 0.3) is 0 Å². The van der Waals surface area contributed by atoms with Crippen LogP contribution in [0, 0.1) is 0 Å². The summed E-state index contributed by atoms with van der Waals surface area (Å²) in [7, 11) is 0. The summed E-state index contributed by atoms with van der Waals surface area (Å²) in [6.07, 6.45) is 5.06. The molecule has 1 nitrogen and oxygen atoms in total. The van der Waals surface area contributed by atoms with Crippen LogP contribution in [0.4, 0.5) is 5.69 Å². The minimum absolute atomic E-state index is 0.578. The molecule has 1 heteroatoms. The summed E-state index contributed by atoms with van der Waals surface area (Å²) in [5.41, 5.74) is 4.40. The van der Waals surface area contributed by atoms with E-state index in [1.54, 1.807) is 11.1 Å². The lowest BCUT2D eigenvalue weighted by Gasteiger charge is -2.13. The zero-order chi connectivity index (χ0) is 9.97. The number of aryl methyl sites for hydroxylation is 2. The summed E-state index contributed by atoms with van der Waals surface area (Å²) in [6, 6.07) is 7.41. The van der Waals surface area contributed by atoms with E-state index in [0.29, 0.717) is 6.04 Å². The van der Waals surface area contributed by atoms with Gasteiger partial charge in [-0.05, 0) is 55.9 Å². The first-order valence-electron chi connectivity index (χ1n) is 5.68. The molecule has 1 atom stereocenters. The topological polar surface area (TPSA) is 12.0 Å². The lowest BCUT2D eigenvalue weighted by molar-refractivity contribution is 0.764. The summed E-state index contributed by atoms with van der Waals surface area (Å²) in [6.45, 7) is 4.44. The Morgan fingerprint density at radius 1 is 1.29 bits per heavy atom. The van der Waals surface area contributed by atoms with Crippen LogP contribution >= 0.6 is 0 Å². The van der Waals surface area contributed by atoms with E-state index in [1.807, 2.05) is 0 Å². The monoisotopic (exact) mass is 189 g/mol. The van der Waals surface area contributed by atoms with Gasteiger partial charge in [0.1, 0.15) is 0 Å². The van der Waals surface area contributed by atoms with E-state index in [9.17, 15) is 0 Å². The second-order valence-electron chi connectivity index (χ2n) is 4.29. The highest BCUT2D eigenvalue weighted by atomic mass is 14.9. The molecule has 0 heterocycles. The minimum atomic E-state index is 0.578. The van der Waals surface area contributed by atoms with Crippen molar-refractivity contribution in [1.82, 2.24) is 0 Å². The highest BCUT2D eigenvalue weighted by Crippen LogP contribution is 2.25. The largest absolute Gasteiger partial charge is 0.383 e. The maximum absolute atomic E-state index is 3.52. The fraction of sp³-hybridized carbons (Fsp3) is 0.538. The van der Waals surface area contributed by atoms with Crippen molar-refractivity contribution in [2.24, 2.45) is 0 Å². The van der Waals surface area contributed by atoms with Crippen LogP contribution in [0.1, 0.15) is 37.8 Å². The van der Waals surface area contributed by atoms with Crippen molar-refractivity contribution in [1.29, 1.82) is 0 Å². The van der Waals surface area contributed by atoms with Gasteiger partial charge in [0.2, 0.25) is 0 Å². The summed E-state index contributed by atoms with van der Waals surface area (Å²) >= 11 is 0. The van der Waals surface area contributed by atoms with Crippen LogP contribution < -0.4 is 5.32 Å². The lowest BCUT2D eigenvalue weighted by Crippen LogP contribution is -2.13. The van der Waals surface area contributed by atoms with E-state index in [-0.39, 0.29) is 0 Å². The predicted octanol–water partition coefficient (Wildman–Crippen LogP) is 3.39. The van der Waals surface area contributed by atoms with E-state index in [1.165, 1.54) is 31.4 Å². The third kappa shape index (κ3) is 1.92. The molecular formula is C13H19N. The number of hydrogen-bond donors (Lipinski definition) is 1. The van der Waals surface area contributed by atoms with Crippen LogP contribution in [-0.4, -0.2) is 6.04 Å². The van der Waals surface area contributed by atoms with Gasteiger partial charge >= 0.3 is 0 Å². The highest BCUT2D eigenvalue weighted by molar-refractivity contribution is 5.50. The normalized spacial score (nSPS) is 16.4. The van der Waals surface area contributed by atoms with Crippen LogP contribution in [0.2, 0.25) is 0 Å². The predicted molar refractivity (Wildman–Crippen MR) is 61.8 cm³/mol. The minimum Gasteiger partial charge on any atom is -0.383 e. The van der Waals surface area contributed by atoms with Gasteiger partial charge < -0.3 is 5.32 Å². The van der Waals surface area contributed by atoms with Crippen LogP contribution in [0.5, 0.6) is 0 Å². The van der Waals surface area contributed by atoms with Crippen molar-refractivity contribution >= 4 is 5.69 Å². The van der Waals surface area contributed by atoms with Crippen molar-refractivity contribution in [3.8, 4) is 0 Å². The molecule has 2 rings (SSSR count). The van der Waals surface area contributed by atoms with Crippen molar-refractivity contribution in [3.05, 3.63) is 29.3 Å². The molecule has 0 spiro atoms. The Hall–Kier alpha value is -0.980. The van der Waals surface area contributed by atoms with Gasteiger partial charge in [0.15, 0.2) is 0 Å². The van der Waals surface area contributed by atoms with Gasteiger partial charge in [-0.1, -0.05) is 13.0 Å². The quantitative estimate of drug-likeness (QED) is 0.768. The SMILES string of the molecule is CC[C@H](C)Nc1ccc2c(c1)CCC2. The van der Waals surface area contributed by atoms with E-state index < -0.39 is 0 Å². The Morgan fingerprint density at radius 2 is 2.07 bits per heavy atom. The van der Waals surface area contributed by atoms with E-state index in [2.05, 4.69) is 37.4 Å². The van der Waals surface area contributed by atoms with Crippen LogP contribution in [0.15, 0.2) is 18.2 Å². The van der Waals surface area contributed by atoms with Gasteiger partial charge in [-0.15, -0.1) is 0 Å². The summed E-state index contributed by atoms with van der Waals surface area (Å²) < 4.78 is 0. The van der Waals surface area contributed by atoms with Crippen LogP contribution in [-0.2, 0) is 12.8 Å². The van der Waals surface area contributed by atoms with Crippen molar-refractivity contribution in [2.45, 2.75) is 45.6 Å². The summed E-state index contributed by atoms with van der Waals surface area (Å²) in [5, 5.41) is 3.52. The Bertz CT molecular complexity index is 317. The number of nitrogens with one attached hydrogen (secondary N) is 1. The first-order chi connectivity index (χ1) is 6.79. The average molecular weight is 189 g/mol. The van der Waals surface area contributed by atoms with E-state index >= 15 is 0 Å². The first-order valence-corrected chi connectivity index (χ1v) is 5.68. The standard InChI is InChI=1S/C13H19N/c1-3-10(2)14-13-8-7-11-5-4-6-12(11)9-13/h7-10,14H,3-6H2,1-2H3/t10-/m0/s1. The zero-order valence-electron chi connectivity index (χ0n) is 9.14. The van der Waals surface area contributed by atoms with Gasteiger partial charge in [0.25, 0.3) is 0 Å². The molecule has 0 amide bonds. The molecule has 0 fully saturated rings. The van der Waals surface area contributed by atoms with Gasteiger partial charge in [0, 0.05) is 11.7 Å². The van der Waals surface area contributed by atoms with E-state index in [0.717, 1.165) is 0 Å². The van der Waals surface area contributed by atoms with E-state index in [4.69, 9.17) is 0 Å². The molecule has 14 heavy (non-hydrogen) atoms. The Labute approximate surface area is 86.5 Å². The van der Waals surface area contributed by atoms with Crippen molar-refractivity contribution < 1.29 is 0 Å². The first kappa shape index (κ1) is 9.57. The van der Waals surface area contributed by atoms with Crippen molar-refractivity contribution in [2.75, 3.05) is 5.32 Å². The molecule has 0 bridgehead atoms. The molecule has 1 N–H and O–H groups in total. The Morgan fingerprint density at radius 3 is 2.86 bits per heavy atom. The molecular weight excluding hydrogens is 170 g/mol. The maximum atomic E-state index is 3.52. The summed E-state index contributed by atoms with van der Waals surface area (Å²) in [5.74, 6) is 0. The number of benzene rings is 1. The van der Waals surface area contributed by atoms with Gasteiger partial charge in [-0.2, -0.15) is 0 Å². The number of anilines is 1. The molecule has 1 aromatic carbocycles.